The summed E-state index contributed by atoms with van der Waals surface area (Å²) in [6.07, 6.45) is 8.80. The Hall–Kier alpha value is -1.85. The van der Waals surface area contributed by atoms with Crippen LogP contribution in [0.5, 0.6) is 0 Å². The van der Waals surface area contributed by atoms with Gasteiger partial charge in [0, 0.05) is 31.7 Å². The van der Waals surface area contributed by atoms with E-state index in [0.717, 1.165) is 37.4 Å². The van der Waals surface area contributed by atoms with Crippen molar-refractivity contribution in [3.63, 3.8) is 0 Å². The zero-order valence-electron chi connectivity index (χ0n) is 14.3. The Balaban J connectivity index is 1.40. The smallest absolute Gasteiger partial charge is 0.226 e. The third kappa shape index (κ3) is 3.19. The van der Waals surface area contributed by atoms with Gasteiger partial charge in [-0.3, -0.25) is 9.59 Å². The number of fused-ring (bicyclic) bond motifs is 1. The van der Waals surface area contributed by atoms with Crippen molar-refractivity contribution in [1.29, 1.82) is 0 Å². The van der Waals surface area contributed by atoms with E-state index in [1.165, 1.54) is 19.3 Å². The highest BCUT2D eigenvalue weighted by atomic mass is 16.2. The van der Waals surface area contributed by atoms with Crippen LogP contribution >= 0.6 is 0 Å². The minimum Gasteiger partial charge on any atom is -0.353 e. The van der Waals surface area contributed by atoms with Gasteiger partial charge in [0.2, 0.25) is 11.8 Å². The zero-order valence-corrected chi connectivity index (χ0v) is 14.3. The molecule has 24 heavy (non-hydrogen) atoms. The lowest BCUT2D eigenvalue weighted by molar-refractivity contribution is -0.135. The molecule has 2 amide bonds. The number of aromatic nitrogens is 2. The van der Waals surface area contributed by atoms with Crippen LogP contribution in [-0.2, 0) is 22.6 Å². The van der Waals surface area contributed by atoms with E-state index in [0.29, 0.717) is 24.8 Å². The van der Waals surface area contributed by atoms with Crippen LogP contribution in [0.2, 0.25) is 0 Å². The second-order valence-electron chi connectivity index (χ2n) is 7.57. The highest BCUT2D eigenvalue weighted by Crippen LogP contribution is 2.34. The number of nitrogens with zero attached hydrogens (tertiary/aromatic N) is 3. The van der Waals surface area contributed by atoms with E-state index in [-0.39, 0.29) is 17.9 Å². The minimum absolute atomic E-state index is 0.00607. The van der Waals surface area contributed by atoms with Crippen LogP contribution in [0.25, 0.3) is 0 Å². The minimum atomic E-state index is -0.00607. The zero-order chi connectivity index (χ0) is 16.7. The van der Waals surface area contributed by atoms with Gasteiger partial charge in [-0.25, -0.2) is 4.98 Å². The van der Waals surface area contributed by atoms with Crippen LogP contribution in [0.15, 0.2) is 6.20 Å². The van der Waals surface area contributed by atoms with Gasteiger partial charge < -0.3 is 14.8 Å². The summed E-state index contributed by atoms with van der Waals surface area (Å²) in [6, 6.07) is 0.359. The van der Waals surface area contributed by atoms with E-state index in [2.05, 4.69) is 14.9 Å². The quantitative estimate of drug-likeness (QED) is 0.895. The number of imidazole rings is 1. The van der Waals surface area contributed by atoms with Crippen molar-refractivity contribution in [2.45, 2.75) is 70.5 Å². The van der Waals surface area contributed by atoms with Crippen molar-refractivity contribution < 1.29 is 9.59 Å². The van der Waals surface area contributed by atoms with Crippen LogP contribution in [0.3, 0.4) is 0 Å². The maximum absolute atomic E-state index is 12.4. The lowest BCUT2D eigenvalue weighted by atomic mass is 9.93. The normalized spacial score (nSPS) is 23.5. The number of carbonyl (C=O) groups is 2. The topological polar surface area (TPSA) is 67.2 Å². The molecule has 6 heteroatoms. The highest BCUT2D eigenvalue weighted by Gasteiger charge is 2.33. The molecule has 2 heterocycles. The molecular weight excluding hydrogens is 304 g/mol. The first-order chi connectivity index (χ1) is 11.6. The molecule has 0 bridgehead atoms. The Kier molecular flexibility index (Phi) is 4.06. The van der Waals surface area contributed by atoms with Gasteiger partial charge in [0.25, 0.3) is 0 Å². The summed E-state index contributed by atoms with van der Waals surface area (Å²) in [5.41, 5.74) is 0.810. The number of carbonyl (C=O) groups excluding carboxylic acids is 2. The molecule has 2 fully saturated rings. The average molecular weight is 330 g/mol. The first-order valence-electron chi connectivity index (χ1n) is 9.25. The molecule has 2 aliphatic carbocycles. The van der Waals surface area contributed by atoms with E-state index in [1.54, 1.807) is 0 Å². The fourth-order valence-electron chi connectivity index (χ4n) is 3.66. The lowest BCUT2D eigenvalue weighted by Crippen LogP contribution is -2.41. The fourth-order valence-corrected chi connectivity index (χ4v) is 3.66. The molecule has 1 aliphatic heterocycles. The highest BCUT2D eigenvalue weighted by molar-refractivity contribution is 5.78. The molecule has 1 aromatic rings. The molecule has 3 aliphatic rings. The van der Waals surface area contributed by atoms with E-state index < -0.39 is 0 Å². The standard InChI is InChI=1S/C18H26N4O2/c1-12-18-20-15(10-16(23)19-14-3-2-4-14)11-21(18)7-8-22(12)17(24)9-13-5-6-13/h11-14H,2-10H2,1H3,(H,19,23). The van der Waals surface area contributed by atoms with Crippen molar-refractivity contribution in [1.82, 2.24) is 19.8 Å². The van der Waals surface area contributed by atoms with Gasteiger partial charge in [-0.1, -0.05) is 0 Å². The van der Waals surface area contributed by atoms with Gasteiger partial charge in [0.15, 0.2) is 0 Å². The van der Waals surface area contributed by atoms with Gasteiger partial charge in [-0.15, -0.1) is 0 Å². The SMILES string of the molecule is CC1c2nc(CC(=O)NC3CCC3)cn2CCN1C(=O)CC1CC1. The van der Waals surface area contributed by atoms with Crippen molar-refractivity contribution in [2.24, 2.45) is 5.92 Å². The van der Waals surface area contributed by atoms with E-state index in [4.69, 9.17) is 0 Å². The summed E-state index contributed by atoms with van der Waals surface area (Å²) in [7, 11) is 0. The molecule has 1 atom stereocenters. The Morgan fingerprint density at radius 3 is 2.71 bits per heavy atom. The number of rotatable bonds is 5. The second kappa shape index (κ2) is 6.22. The number of hydrogen-bond acceptors (Lipinski definition) is 3. The molecule has 1 N–H and O–H groups in total. The molecule has 6 nitrogen and oxygen atoms in total. The summed E-state index contributed by atoms with van der Waals surface area (Å²) in [5.74, 6) is 1.84. The molecule has 130 valence electrons. The van der Waals surface area contributed by atoms with Crippen molar-refractivity contribution in [3.05, 3.63) is 17.7 Å². The fraction of sp³-hybridized carbons (Fsp3) is 0.722. The summed E-state index contributed by atoms with van der Waals surface area (Å²) < 4.78 is 2.11. The Bertz CT molecular complexity index is 645. The van der Waals surface area contributed by atoms with Crippen LogP contribution < -0.4 is 5.32 Å². The van der Waals surface area contributed by atoms with Gasteiger partial charge in [0.1, 0.15) is 5.82 Å². The van der Waals surface area contributed by atoms with Gasteiger partial charge in [0.05, 0.1) is 18.2 Å². The maximum atomic E-state index is 12.4. The maximum Gasteiger partial charge on any atom is 0.226 e. The molecule has 0 spiro atoms. The van der Waals surface area contributed by atoms with Crippen LogP contribution in [0.4, 0.5) is 0 Å². The van der Waals surface area contributed by atoms with Crippen molar-refractivity contribution in [2.75, 3.05) is 6.54 Å². The molecule has 4 rings (SSSR count). The predicted molar refractivity (Wildman–Crippen MR) is 89.2 cm³/mol. The number of hydrogen-bond donors (Lipinski definition) is 1. The third-order valence-electron chi connectivity index (χ3n) is 5.57. The van der Waals surface area contributed by atoms with Crippen molar-refractivity contribution >= 4 is 11.8 Å². The summed E-state index contributed by atoms with van der Waals surface area (Å²) in [6.45, 7) is 3.55. The first-order valence-corrected chi connectivity index (χ1v) is 9.25. The Morgan fingerprint density at radius 2 is 2.04 bits per heavy atom. The van der Waals surface area contributed by atoms with Crippen LogP contribution in [0.1, 0.15) is 63.0 Å². The summed E-state index contributed by atoms with van der Waals surface area (Å²) in [4.78, 5) is 31.1. The van der Waals surface area contributed by atoms with Gasteiger partial charge >= 0.3 is 0 Å². The Labute approximate surface area is 142 Å². The molecular formula is C18H26N4O2. The number of amides is 2. The third-order valence-corrected chi connectivity index (χ3v) is 5.57. The van der Waals surface area contributed by atoms with Gasteiger partial charge in [-0.2, -0.15) is 0 Å². The molecule has 0 radical (unpaired) electrons. The van der Waals surface area contributed by atoms with Crippen LogP contribution in [0, 0.1) is 5.92 Å². The van der Waals surface area contributed by atoms with E-state index in [1.807, 2.05) is 18.0 Å². The molecule has 2 saturated carbocycles. The largest absolute Gasteiger partial charge is 0.353 e. The first kappa shape index (κ1) is 15.7. The molecule has 0 saturated heterocycles. The van der Waals surface area contributed by atoms with Crippen molar-refractivity contribution in [3.8, 4) is 0 Å². The summed E-state index contributed by atoms with van der Waals surface area (Å²) in [5, 5.41) is 3.06. The predicted octanol–water partition coefficient (Wildman–Crippen LogP) is 1.80. The van der Waals surface area contributed by atoms with Crippen LogP contribution in [-0.4, -0.2) is 38.9 Å². The number of nitrogens with one attached hydrogen (secondary N) is 1. The molecule has 1 aromatic heterocycles. The van der Waals surface area contributed by atoms with E-state index >= 15 is 0 Å². The summed E-state index contributed by atoms with van der Waals surface area (Å²) >= 11 is 0. The molecule has 0 aromatic carbocycles. The molecule has 1 unspecified atom stereocenters. The Morgan fingerprint density at radius 1 is 1.25 bits per heavy atom. The van der Waals surface area contributed by atoms with E-state index in [9.17, 15) is 9.59 Å². The average Bonchev–Trinajstić information content (AvgIpc) is 3.21. The lowest BCUT2D eigenvalue weighted by Gasteiger charge is -2.34. The second-order valence-corrected chi connectivity index (χ2v) is 7.57. The van der Waals surface area contributed by atoms with Gasteiger partial charge in [-0.05, 0) is 44.9 Å². The monoisotopic (exact) mass is 330 g/mol.